The van der Waals surface area contributed by atoms with Crippen LogP contribution < -0.4 is 22.9 Å². The Hall–Kier alpha value is -16.0. The molecule has 0 bridgehead atoms. The summed E-state index contributed by atoms with van der Waals surface area (Å²) in [7, 11) is 0. The summed E-state index contributed by atoms with van der Waals surface area (Å²) in [6.45, 7) is 7.90. The van der Waals surface area contributed by atoms with Crippen LogP contribution in [0.15, 0.2) is 196 Å². The Bertz CT molecular complexity index is 7060. The van der Waals surface area contributed by atoms with Crippen molar-refractivity contribution in [3.8, 4) is 67.3 Å². The molecule has 35 heteroatoms. The molecule has 0 aliphatic heterocycles. The van der Waals surface area contributed by atoms with Gasteiger partial charge in [-0.15, -0.1) is 0 Å². The molecule has 135 heavy (non-hydrogen) atoms. The number of aryl methyl sites for hydroxylation is 1. The molecule has 0 unspecified atom stereocenters. The highest BCUT2D eigenvalue weighted by Gasteiger charge is 2.38. The number of para-hydroxylation sites is 2. The van der Waals surface area contributed by atoms with Crippen LogP contribution in [0.4, 0.5) is 32.1 Å². The number of nitrogens with zero attached hydrogens (tertiary/aromatic N) is 17. The average molecular weight is 1830 g/mol. The van der Waals surface area contributed by atoms with Gasteiger partial charge in [-0.05, 0) is 228 Å². The van der Waals surface area contributed by atoms with Crippen LogP contribution in [0.3, 0.4) is 0 Å². The third-order valence-corrected chi connectivity index (χ3v) is 26.7. The number of hydrogen-bond donors (Lipinski definition) is 8. The fourth-order valence-electron chi connectivity index (χ4n) is 19.4. The molecular formula is C100H99F2N21O12. The summed E-state index contributed by atoms with van der Waals surface area (Å²) < 4.78 is 40.2. The molecule has 690 valence electrons. The number of rotatable bonds is 20. The molecule has 0 saturated heterocycles. The minimum absolute atomic E-state index is 0.0107. The number of carboxylic acids is 4. The van der Waals surface area contributed by atoms with Gasteiger partial charge in [-0.2, -0.15) is 43.6 Å². The minimum atomic E-state index is -0.781. The van der Waals surface area contributed by atoms with E-state index in [1.165, 1.54) is 70.0 Å². The van der Waals surface area contributed by atoms with E-state index >= 15 is 0 Å². The first-order valence-electron chi connectivity index (χ1n) is 44.8. The maximum absolute atomic E-state index is 13.3. The lowest BCUT2D eigenvalue weighted by molar-refractivity contribution is -0.143. The Kier molecular flexibility index (Phi) is 25.7. The topological polar surface area (TPSA) is 475 Å². The van der Waals surface area contributed by atoms with Crippen LogP contribution in [0.5, 0.6) is 0 Å². The number of anilines is 4. The van der Waals surface area contributed by atoms with Gasteiger partial charge in [0.25, 0.3) is 0 Å². The number of aliphatic carboxylic acids is 4. The van der Waals surface area contributed by atoms with Gasteiger partial charge in [-0.3, -0.25) is 38.4 Å². The number of nitrogens with two attached hydrogens (primary N) is 4. The van der Waals surface area contributed by atoms with Gasteiger partial charge in [0.2, 0.25) is 0 Å². The van der Waals surface area contributed by atoms with Gasteiger partial charge in [0.1, 0.15) is 34.9 Å². The third kappa shape index (κ3) is 18.3. The first-order valence-corrected chi connectivity index (χ1v) is 44.8. The Morgan fingerprint density at radius 2 is 0.585 bits per heavy atom. The van der Waals surface area contributed by atoms with Crippen LogP contribution in [0.25, 0.3) is 89.8 Å². The van der Waals surface area contributed by atoms with Crippen molar-refractivity contribution in [2.45, 2.75) is 161 Å². The summed E-state index contributed by atoms with van der Waals surface area (Å²) >= 11 is 0. The third-order valence-electron chi connectivity index (χ3n) is 26.7. The largest absolute Gasteiger partial charge is 0.481 e. The fraction of sp³-hybridized carbons (Fsp3) is 0.290. The minimum Gasteiger partial charge on any atom is -0.481 e. The van der Waals surface area contributed by atoms with Gasteiger partial charge in [-0.1, -0.05) is 36.4 Å². The molecule has 4 aliphatic rings. The first-order chi connectivity index (χ1) is 64.9. The van der Waals surface area contributed by atoms with Crippen molar-refractivity contribution in [3.63, 3.8) is 0 Å². The summed E-state index contributed by atoms with van der Waals surface area (Å²) in [5, 5.41) is 59.5. The molecule has 4 fully saturated rings. The quantitative estimate of drug-likeness (QED) is 0.0329. The number of halogens is 2. The van der Waals surface area contributed by atoms with Crippen molar-refractivity contribution in [1.82, 2.24) is 81.9 Å². The van der Waals surface area contributed by atoms with Crippen molar-refractivity contribution >= 4 is 92.9 Å². The van der Waals surface area contributed by atoms with E-state index in [9.17, 15) is 67.6 Å². The molecule has 0 spiro atoms. The predicted octanol–water partition coefficient (Wildman–Crippen LogP) is 17.3. The van der Waals surface area contributed by atoms with Crippen molar-refractivity contribution in [2.75, 3.05) is 22.9 Å². The molecule has 4 saturated carbocycles. The molecule has 33 nitrogen and oxygen atoms in total. The van der Waals surface area contributed by atoms with E-state index < -0.39 is 23.9 Å². The summed E-state index contributed by atoms with van der Waals surface area (Å²) in [4.78, 5) is 115. The highest BCUT2D eigenvalue weighted by molar-refractivity contribution is 6.03. The number of benzene rings is 4. The van der Waals surface area contributed by atoms with Crippen LogP contribution in [-0.2, 0) is 19.2 Å². The maximum Gasteiger partial charge on any atom is 0.306 e. The smallest absolute Gasteiger partial charge is 0.306 e. The number of fused-ring (bicyclic) bond motifs is 4. The second kappa shape index (κ2) is 38.1. The average Bonchev–Trinajstić information content (AvgIpc) is 1.67. The number of ketones is 4. The standard InChI is InChI=1S/2C25H24FN5O3.C25H26N6O3.C25H25N5O3/c2*1-14(32)21-22(15-2-4-16(5-3-15)25(33)34)29-24-20(12-28-31(24)23(21)27)17-10-11-30(13-17)19-8-6-18(26)7-9-19;1-14-5-3-4-6-20(14)30-13-18(11-27-30)19-12-28-31-23(26)21(15(2)32)22(29-24(19)31)16-7-9-17(10-8-16)25(33)34;1-15(31)21-22(16-7-9-17(10-8-16)25(32)33)28-24-20(13-27-30(24)23(21)26)18-11-12-29(14-18)19-5-3-2-4-6-19/h2*6-13,15-16H,2-5,27H2,1H3,(H,33,34);3-6,11-13,16-17H,7-10,26H2,1-2H3,(H,33,34);2-6,11-14,16-17H,7-10,26H2,1H3,(H,32,33). The van der Waals surface area contributed by atoms with Crippen LogP contribution >= 0.6 is 0 Å². The monoisotopic (exact) mass is 1820 g/mol. The van der Waals surface area contributed by atoms with Crippen molar-refractivity contribution in [3.05, 3.63) is 258 Å². The second-order valence-electron chi connectivity index (χ2n) is 35.1. The number of carboxylic acid groups (broad SMARTS) is 4. The number of Topliss-reactive ketones (excluding diaryl/α,β-unsaturated/α-hetero) is 4. The first kappa shape index (κ1) is 90.9. The molecule has 12 aromatic heterocycles. The Labute approximate surface area is 771 Å². The molecular weight excluding hydrogens is 1730 g/mol. The molecule has 20 rings (SSSR count). The second-order valence-corrected chi connectivity index (χ2v) is 35.1. The molecule has 16 aromatic rings. The van der Waals surface area contributed by atoms with Gasteiger partial charge >= 0.3 is 23.9 Å². The summed E-state index contributed by atoms with van der Waals surface area (Å²) in [6.07, 6.45) is 31.5. The molecule has 0 atom stereocenters. The van der Waals surface area contributed by atoms with E-state index in [4.69, 9.17) is 42.9 Å². The van der Waals surface area contributed by atoms with E-state index in [1.807, 2.05) is 141 Å². The number of carbonyl (C=O) groups excluding carboxylic acids is 4. The highest BCUT2D eigenvalue weighted by Crippen LogP contribution is 2.46. The number of carbonyl (C=O) groups is 8. The normalized spacial score (nSPS) is 18.3. The van der Waals surface area contributed by atoms with Crippen molar-refractivity contribution in [2.24, 2.45) is 23.7 Å². The van der Waals surface area contributed by atoms with Gasteiger partial charge < -0.3 is 57.1 Å². The van der Waals surface area contributed by atoms with Gasteiger partial charge in [0.15, 0.2) is 45.7 Å². The molecule has 12 N–H and O–H groups in total. The van der Waals surface area contributed by atoms with E-state index in [-0.39, 0.29) is 105 Å². The van der Waals surface area contributed by atoms with E-state index in [1.54, 1.807) is 55.2 Å². The molecule has 4 aliphatic carbocycles. The summed E-state index contributed by atoms with van der Waals surface area (Å²) in [6, 6.07) is 36.2. The van der Waals surface area contributed by atoms with Crippen molar-refractivity contribution < 1.29 is 67.6 Å². The zero-order valence-electron chi connectivity index (χ0n) is 74.6. The van der Waals surface area contributed by atoms with E-state index in [0.717, 1.165) is 72.8 Å². The number of hydrogen-bond acceptors (Lipinski definition) is 21. The van der Waals surface area contributed by atoms with E-state index in [2.05, 4.69) is 25.5 Å². The summed E-state index contributed by atoms with van der Waals surface area (Å²) in [5.74, 6) is -4.98. The zero-order valence-corrected chi connectivity index (χ0v) is 74.6. The maximum atomic E-state index is 13.3. The highest BCUT2D eigenvalue weighted by atomic mass is 19.1. The molecule has 12 heterocycles. The lowest BCUT2D eigenvalue weighted by Crippen LogP contribution is -2.23. The van der Waals surface area contributed by atoms with Crippen LogP contribution in [-0.4, -0.2) is 149 Å². The fourth-order valence-corrected chi connectivity index (χ4v) is 19.4. The molecule has 0 radical (unpaired) electrons. The van der Waals surface area contributed by atoms with Crippen LogP contribution in [0.2, 0.25) is 0 Å². The Morgan fingerprint density at radius 3 is 0.859 bits per heavy atom. The number of aromatic nitrogens is 17. The summed E-state index contributed by atoms with van der Waals surface area (Å²) in [5.41, 5.74) is 43.2. The van der Waals surface area contributed by atoms with Crippen LogP contribution in [0.1, 0.15) is 224 Å². The van der Waals surface area contributed by atoms with Gasteiger partial charge in [0, 0.05) is 129 Å². The SMILES string of the molecule is CC(=O)c1c(C2CCC(C(=O)O)CC2)nc2c(-c3ccn(-c4ccc(F)cc4)c3)cnn2c1N.CC(=O)c1c(C2CCC(C(=O)O)CC2)nc2c(-c3ccn(-c4ccc(F)cc4)c3)cnn2c1N.CC(=O)c1c(C2CCC(C(=O)O)CC2)nc2c(-c3ccn(-c4ccccc4)c3)cnn2c1N.CC(=O)c1c(C2CCC(C(=O)O)CC2)nc2c(-c3cnn(-c4ccccc4C)c3)cnn2c1N. The lowest BCUT2D eigenvalue weighted by atomic mass is 9.79. The van der Waals surface area contributed by atoms with E-state index in [0.29, 0.717) is 170 Å². The lowest BCUT2D eigenvalue weighted by Gasteiger charge is -2.27. The van der Waals surface area contributed by atoms with Crippen LogP contribution in [0, 0.1) is 42.2 Å². The Balaban J connectivity index is 0.000000125. The molecule has 0 amide bonds. The van der Waals surface area contributed by atoms with Crippen molar-refractivity contribution in [1.29, 1.82) is 0 Å². The van der Waals surface area contributed by atoms with Gasteiger partial charge in [-0.25, -0.2) is 33.4 Å². The zero-order chi connectivity index (χ0) is 95.1. The predicted molar refractivity (Wildman–Crippen MR) is 500 cm³/mol. The van der Waals surface area contributed by atoms with Gasteiger partial charge in [0.05, 0.1) is 105 Å². The number of nitrogen functional groups attached to an aromatic ring is 4. The Morgan fingerprint density at radius 1 is 0.319 bits per heavy atom. The molecule has 4 aromatic carbocycles.